The Morgan fingerprint density at radius 1 is 1.50 bits per heavy atom. The Morgan fingerprint density at radius 2 is 2.17 bits per heavy atom. The third-order valence-corrected chi connectivity index (χ3v) is 2.46. The zero-order valence-electron chi connectivity index (χ0n) is 6.55. The number of nitrogens with two attached hydrogens (primary N) is 1. The summed E-state index contributed by atoms with van der Waals surface area (Å²) in [5, 5.41) is 7.08. The van der Waals surface area contributed by atoms with E-state index >= 15 is 0 Å². The van der Waals surface area contributed by atoms with E-state index in [0.717, 1.165) is 11.3 Å². The van der Waals surface area contributed by atoms with Crippen LogP contribution >= 0.6 is 11.3 Å². The van der Waals surface area contributed by atoms with Crippen LogP contribution in [0.4, 0.5) is 8.78 Å². The predicted octanol–water partition coefficient (Wildman–Crippen LogP) is 1.50. The molecule has 0 saturated carbocycles. The van der Waals surface area contributed by atoms with Gasteiger partial charge in [-0.05, 0) is 0 Å². The topological polar surface area (TPSA) is 51.8 Å². The normalized spacial score (nSPS) is 12.0. The number of hydrogen-bond acceptors (Lipinski definition) is 4. The predicted molar refractivity (Wildman–Crippen MR) is 42.0 cm³/mol. The number of alkyl halides is 2. The molecular weight excluding hydrogens is 184 g/mol. The van der Waals surface area contributed by atoms with Crippen molar-refractivity contribution in [1.29, 1.82) is 0 Å². The maximum atomic E-state index is 12.9. The van der Waals surface area contributed by atoms with Crippen LogP contribution < -0.4 is 5.73 Å². The van der Waals surface area contributed by atoms with Gasteiger partial charge in [0, 0.05) is 13.0 Å². The van der Waals surface area contributed by atoms with Crippen molar-refractivity contribution in [3.63, 3.8) is 0 Å². The number of rotatable bonds is 3. The van der Waals surface area contributed by atoms with Gasteiger partial charge in [-0.15, -0.1) is 10.2 Å². The molecule has 0 unspecified atom stereocenters. The van der Waals surface area contributed by atoms with Crippen molar-refractivity contribution >= 4 is 11.3 Å². The summed E-state index contributed by atoms with van der Waals surface area (Å²) in [6, 6.07) is 0. The summed E-state index contributed by atoms with van der Waals surface area (Å²) in [7, 11) is 0. The molecule has 0 bridgehead atoms. The molecular formula is C6H9F2N3S. The highest BCUT2D eigenvalue weighted by Gasteiger charge is 2.33. The Morgan fingerprint density at radius 3 is 2.58 bits per heavy atom. The maximum Gasteiger partial charge on any atom is 0.300 e. The average molecular weight is 193 g/mol. The van der Waals surface area contributed by atoms with Gasteiger partial charge in [0.2, 0.25) is 0 Å². The lowest BCUT2D eigenvalue weighted by atomic mass is 10.3. The second-order valence-corrected chi connectivity index (χ2v) is 3.33. The molecule has 0 spiro atoms. The summed E-state index contributed by atoms with van der Waals surface area (Å²) in [4.78, 5) is 0. The third kappa shape index (κ3) is 1.75. The first-order valence-corrected chi connectivity index (χ1v) is 4.32. The molecule has 0 fully saturated rings. The van der Waals surface area contributed by atoms with Crippen molar-refractivity contribution in [3.05, 3.63) is 10.0 Å². The summed E-state index contributed by atoms with van der Waals surface area (Å²) < 4.78 is 25.8. The standard InChI is InChI=1S/C6H9F2N3S/c1-2-6(7,8)5-11-10-4(3-9)12-5/h2-3,9H2,1H3. The monoisotopic (exact) mass is 193 g/mol. The molecule has 0 aliphatic carbocycles. The van der Waals surface area contributed by atoms with Crippen molar-refractivity contribution in [1.82, 2.24) is 10.2 Å². The van der Waals surface area contributed by atoms with Crippen LogP contribution in [0.15, 0.2) is 0 Å². The van der Waals surface area contributed by atoms with E-state index in [1.54, 1.807) is 0 Å². The highest BCUT2D eigenvalue weighted by molar-refractivity contribution is 7.11. The van der Waals surface area contributed by atoms with Gasteiger partial charge in [0.1, 0.15) is 5.01 Å². The molecule has 0 aliphatic rings. The lowest BCUT2D eigenvalue weighted by Gasteiger charge is -2.07. The molecule has 1 aromatic rings. The van der Waals surface area contributed by atoms with Crippen LogP contribution in [0.1, 0.15) is 23.4 Å². The van der Waals surface area contributed by atoms with Crippen molar-refractivity contribution < 1.29 is 8.78 Å². The van der Waals surface area contributed by atoms with Crippen LogP contribution in [0.2, 0.25) is 0 Å². The minimum atomic E-state index is -2.86. The molecule has 6 heteroatoms. The van der Waals surface area contributed by atoms with Crippen molar-refractivity contribution in [2.45, 2.75) is 25.8 Å². The molecule has 68 valence electrons. The van der Waals surface area contributed by atoms with E-state index in [1.807, 2.05) is 0 Å². The second-order valence-electron chi connectivity index (χ2n) is 2.26. The van der Waals surface area contributed by atoms with Gasteiger partial charge in [0.25, 0.3) is 0 Å². The minimum Gasteiger partial charge on any atom is -0.324 e. The number of hydrogen-bond donors (Lipinski definition) is 1. The summed E-state index contributed by atoms with van der Waals surface area (Å²) in [5.74, 6) is -2.86. The molecule has 1 aromatic heterocycles. The largest absolute Gasteiger partial charge is 0.324 e. The Labute approximate surface area is 72.6 Å². The van der Waals surface area contributed by atoms with E-state index in [9.17, 15) is 8.78 Å². The highest BCUT2D eigenvalue weighted by atomic mass is 32.1. The Hall–Kier alpha value is -0.620. The molecule has 2 N–H and O–H groups in total. The van der Waals surface area contributed by atoms with E-state index in [1.165, 1.54) is 6.92 Å². The molecule has 3 nitrogen and oxygen atoms in total. The fourth-order valence-corrected chi connectivity index (χ4v) is 1.40. The van der Waals surface area contributed by atoms with Crippen LogP contribution in [0.3, 0.4) is 0 Å². The van der Waals surface area contributed by atoms with Gasteiger partial charge in [-0.2, -0.15) is 8.78 Å². The number of nitrogens with zero attached hydrogens (tertiary/aromatic N) is 2. The molecule has 0 amide bonds. The lowest BCUT2D eigenvalue weighted by molar-refractivity contribution is -0.00910. The summed E-state index contributed by atoms with van der Waals surface area (Å²) >= 11 is 0.867. The van der Waals surface area contributed by atoms with Crippen LogP contribution in [0.25, 0.3) is 0 Å². The summed E-state index contributed by atoms with van der Waals surface area (Å²) in [6.45, 7) is 1.57. The number of halogens is 2. The molecule has 0 atom stereocenters. The minimum absolute atomic E-state index is 0.164. The smallest absolute Gasteiger partial charge is 0.300 e. The van der Waals surface area contributed by atoms with Gasteiger partial charge < -0.3 is 5.73 Å². The molecule has 0 aliphatic heterocycles. The van der Waals surface area contributed by atoms with Crippen LogP contribution in [0, 0.1) is 0 Å². The fourth-order valence-electron chi connectivity index (χ4n) is 0.635. The first-order chi connectivity index (χ1) is 5.60. The average Bonchev–Trinajstić information content (AvgIpc) is 2.52. The van der Waals surface area contributed by atoms with E-state index in [0.29, 0.717) is 5.01 Å². The molecule has 0 saturated heterocycles. The van der Waals surface area contributed by atoms with Crippen molar-refractivity contribution in [2.75, 3.05) is 0 Å². The van der Waals surface area contributed by atoms with Gasteiger partial charge in [0.15, 0.2) is 5.01 Å². The van der Waals surface area contributed by atoms with Gasteiger partial charge in [-0.1, -0.05) is 18.3 Å². The Kier molecular flexibility index (Phi) is 2.69. The zero-order valence-corrected chi connectivity index (χ0v) is 7.37. The van der Waals surface area contributed by atoms with E-state index in [4.69, 9.17) is 5.73 Å². The molecule has 0 radical (unpaired) electrons. The Bertz CT molecular complexity index is 261. The summed E-state index contributed by atoms with van der Waals surface area (Å²) in [6.07, 6.45) is -0.258. The quantitative estimate of drug-likeness (QED) is 0.791. The van der Waals surface area contributed by atoms with E-state index < -0.39 is 5.92 Å². The maximum absolute atomic E-state index is 12.9. The lowest BCUT2D eigenvalue weighted by Crippen LogP contribution is -2.10. The van der Waals surface area contributed by atoms with Crippen LogP contribution in [-0.4, -0.2) is 10.2 Å². The van der Waals surface area contributed by atoms with Gasteiger partial charge in [-0.3, -0.25) is 0 Å². The van der Waals surface area contributed by atoms with E-state index in [2.05, 4.69) is 10.2 Å². The first-order valence-electron chi connectivity index (χ1n) is 3.51. The van der Waals surface area contributed by atoms with E-state index in [-0.39, 0.29) is 18.0 Å². The van der Waals surface area contributed by atoms with Crippen LogP contribution in [-0.2, 0) is 12.5 Å². The fraction of sp³-hybridized carbons (Fsp3) is 0.667. The first kappa shape index (κ1) is 9.47. The van der Waals surface area contributed by atoms with Crippen molar-refractivity contribution in [2.24, 2.45) is 5.73 Å². The van der Waals surface area contributed by atoms with Gasteiger partial charge >= 0.3 is 5.92 Å². The molecule has 12 heavy (non-hydrogen) atoms. The molecule has 1 heterocycles. The second kappa shape index (κ2) is 3.40. The van der Waals surface area contributed by atoms with Crippen LogP contribution in [0.5, 0.6) is 0 Å². The number of aromatic nitrogens is 2. The third-order valence-electron chi connectivity index (χ3n) is 1.40. The van der Waals surface area contributed by atoms with Gasteiger partial charge in [0.05, 0.1) is 0 Å². The molecule has 0 aromatic carbocycles. The summed E-state index contributed by atoms with van der Waals surface area (Å²) in [5.41, 5.74) is 5.21. The SMILES string of the molecule is CCC(F)(F)c1nnc(CN)s1. The molecule has 1 rings (SSSR count). The zero-order chi connectivity index (χ0) is 9.19. The van der Waals surface area contributed by atoms with Gasteiger partial charge in [-0.25, -0.2) is 0 Å². The van der Waals surface area contributed by atoms with Crippen molar-refractivity contribution in [3.8, 4) is 0 Å². The Balaban J connectivity index is 2.88. The highest BCUT2D eigenvalue weighted by Crippen LogP contribution is 2.32.